The molecule has 0 saturated carbocycles. The summed E-state index contributed by atoms with van der Waals surface area (Å²) in [7, 11) is 0. The minimum absolute atomic E-state index is 0.0825. The molecule has 2 N–H and O–H groups in total. The molecule has 1 amide bonds. The number of hydrogen-bond acceptors (Lipinski definition) is 2. The van der Waals surface area contributed by atoms with Gasteiger partial charge in [-0.15, -0.1) is 0 Å². The smallest absolute Gasteiger partial charge is 0.480 e. The van der Waals surface area contributed by atoms with Crippen molar-refractivity contribution >= 4 is 24.4 Å². The molecule has 174 valence electrons. The Morgan fingerprint density at radius 1 is 1.09 bits per heavy atom. The number of nitrogens with zero attached hydrogens (tertiary/aromatic N) is 1. The zero-order valence-electron chi connectivity index (χ0n) is 19.1. The zero-order chi connectivity index (χ0) is 24.2. The largest absolute Gasteiger partial charge is 0.617 e. The van der Waals surface area contributed by atoms with Crippen molar-refractivity contribution in [2.45, 2.75) is 52.4 Å². The summed E-state index contributed by atoms with van der Waals surface area (Å²) < 4.78 is 31.6. The number of carboxylic acid groups (broad SMARTS) is 1. The number of carbonyl (C=O) groups excluding carboxylic acids is 1. The Labute approximate surface area is 192 Å². The molecule has 1 aromatic carbocycles. The van der Waals surface area contributed by atoms with Crippen LogP contribution in [0.1, 0.15) is 39.2 Å². The Morgan fingerprint density at radius 3 is 2.42 bits per heavy atom. The number of rotatable bonds is 7. The van der Waals surface area contributed by atoms with Gasteiger partial charge in [-0.3, -0.25) is 4.79 Å². The molecular formula is C25H29BF2N2O3. The molecule has 0 radical (unpaired) electrons. The van der Waals surface area contributed by atoms with Gasteiger partial charge in [-0.2, -0.15) is 0 Å². The maximum Gasteiger partial charge on any atom is 0.617 e. The van der Waals surface area contributed by atoms with E-state index in [1.165, 1.54) is 0 Å². The summed E-state index contributed by atoms with van der Waals surface area (Å²) >= 11 is 0. The van der Waals surface area contributed by atoms with E-state index in [2.05, 4.69) is 5.32 Å². The summed E-state index contributed by atoms with van der Waals surface area (Å²) in [6.07, 6.45) is 6.58. The van der Waals surface area contributed by atoms with Gasteiger partial charge in [0.05, 0.1) is 0 Å². The van der Waals surface area contributed by atoms with Crippen LogP contribution < -0.4 is 5.32 Å². The fourth-order valence-electron chi connectivity index (χ4n) is 4.20. The number of benzene rings is 1. The Kier molecular flexibility index (Phi) is 7.46. The highest BCUT2D eigenvalue weighted by molar-refractivity contribution is 6.59. The number of fused-ring (bicyclic) bond motifs is 1. The number of carboxylic acids is 1. The molecule has 0 spiro atoms. The lowest BCUT2D eigenvalue weighted by Crippen LogP contribution is -2.43. The Hall–Kier alpha value is -3.29. The van der Waals surface area contributed by atoms with Crippen LogP contribution >= 0.6 is 0 Å². The van der Waals surface area contributed by atoms with Crippen molar-refractivity contribution in [3.63, 3.8) is 0 Å². The van der Waals surface area contributed by atoms with Crippen molar-refractivity contribution in [2.24, 2.45) is 0 Å². The van der Waals surface area contributed by atoms with Crippen molar-refractivity contribution in [3.05, 3.63) is 82.6 Å². The summed E-state index contributed by atoms with van der Waals surface area (Å²) in [6.45, 7) is 1.58. The number of carbonyl (C=O) groups is 2. The third-order valence-electron chi connectivity index (χ3n) is 5.95. The molecule has 1 aromatic rings. The molecule has 0 fully saturated rings. The fourth-order valence-corrected chi connectivity index (χ4v) is 4.20. The third kappa shape index (κ3) is 6.15. The molecule has 0 saturated heterocycles. The molecule has 5 nitrogen and oxygen atoms in total. The third-order valence-corrected chi connectivity index (χ3v) is 5.95. The Bertz CT molecular complexity index is 1100. The number of allylic oxidation sites excluding steroid dienone is 7. The second kappa shape index (κ2) is 10.1. The first-order valence-electron chi connectivity index (χ1n) is 11.1. The van der Waals surface area contributed by atoms with Crippen LogP contribution in [0, 0.1) is 0 Å². The van der Waals surface area contributed by atoms with E-state index in [1.54, 1.807) is 55.5 Å². The van der Waals surface area contributed by atoms with Gasteiger partial charge in [0.15, 0.2) is 5.70 Å². The van der Waals surface area contributed by atoms with Gasteiger partial charge in [0, 0.05) is 37.5 Å². The summed E-state index contributed by atoms with van der Waals surface area (Å²) in [5.41, 5.74) is 3.99. The summed E-state index contributed by atoms with van der Waals surface area (Å²) in [5, 5.41) is 12.0. The Balaban J connectivity index is 1.76. The van der Waals surface area contributed by atoms with E-state index in [-0.39, 0.29) is 25.6 Å². The molecule has 2 aliphatic heterocycles. The number of aliphatic carboxylic acids is 1. The van der Waals surface area contributed by atoms with Crippen molar-refractivity contribution in [1.29, 1.82) is 0 Å². The van der Waals surface area contributed by atoms with Gasteiger partial charge in [0.1, 0.15) is 11.8 Å². The van der Waals surface area contributed by atoms with Crippen LogP contribution in [0.3, 0.4) is 0 Å². The molecule has 8 heteroatoms. The van der Waals surface area contributed by atoms with E-state index in [0.717, 1.165) is 21.2 Å². The first kappa shape index (κ1) is 24.4. The maximum absolute atomic E-state index is 15.3. The SMILES string of the molecule is C/C1=C/C(C)=C(C)/C=C2/C=CC(CCC(=O)N[C@@H](Cc3ccccc3)C(=O)O)=[N+]2[B-](F)(F)C1. The van der Waals surface area contributed by atoms with E-state index in [1.807, 2.05) is 19.9 Å². The highest BCUT2D eigenvalue weighted by Crippen LogP contribution is 2.31. The Morgan fingerprint density at radius 2 is 1.76 bits per heavy atom. The van der Waals surface area contributed by atoms with Crippen molar-refractivity contribution in [3.8, 4) is 0 Å². The maximum atomic E-state index is 15.3. The van der Waals surface area contributed by atoms with Gasteiger partial charge in [0.25, 0.3) is 0 Å². The summed E-state index contributed by atoms with van der Waals surface area (Å²) in [6, 6.07) is 7.92. The number of amides is 1. The van der Waals surface area contributed by atoms with Gasteiger partial charge in [-0.25, -0.2) is 4.79 Å². The molecule has 2 heterocycles. The van der Waals surface area contributed by atoms with E-state index in [0.29, 0.717) is 17.0 Å². The van der Waals surface area contributed by atoms with Crippen LogP contribution in [-0.2, 0) is 16.0 Å². The average Bonchev–Trinajstić information content (AvgIpc) is 3.15. The standard InChI is InChI=1S/C25H29BF2N2O3/c1-17-13-18(2)19(3)14-22-10-9-21(30(22)26(27,28)16-17)11-12-24(31)29-23(25(32)33)15-20-7-5-4-6-8-20/h4-10,13-14,23H,11-12,15-16H2,1-3H3,(H,29,31)(H,32,33)/b17-13-,19-18+,22-14-/t23-/m0/s1. The molecule has 0 aromatic heterocycles. The topological polar surface area (TPSA) is 69.4 Å². The lowest BCUT2D eigenvalue weighted by molar-refractivity contribution is -0.358. The van der Waals surface area contributed by atoms with Crippen LogP contribution in [0.15, 0.2) is 77.1 Å². The van der Waals surface area contributed by atoms with E-state index >= 15 is 8.63 Å². The fraction of sp³-hybridized carbons (Fsp3) is 0.320. The molecule has 3 rings (SSSR count). The van der Waals surface area contributed by atoms with Crippen LogP contribution in [0.2, 0.25) is 6.32 Å². The summed E-state index contributed by atoms with van der Waals surface area (Å²) in [4.78, 5) is 24.1. The van der Waals surface area contributed by atoms with Gasteiger partial charge in [-0.1, -0.05) is 42.0 Å². The normalized spacial score (nSPS) is 23.9. The lowest BCUT2D eigenvalue weighted by Gasteiger charge is -2.22. The predicted molar refractivity (Wildman–Crippen MR) is 126 cm³/mol. The van der Waals surface area contributed by atoms with E-state index in [4.69, 9.17) is 0 Å². The molecule has 33 heavy (non-hydrogen) atoms. The lowest BCUT2D eigenvalue weighted by atomic mass is 9.71. The quantitative estimate of drug-likeness (QED) is 0.589. The van der Waals surface area contributed by atoms with Crippen molar-refractivity contribution < 1.29 is 27.8 Å². The van der Waals surface area contributed by atoms with Gasteiger partial charge in [-0.05, 0) is 43.8 Å². The van der Waals surface area contributed by atoms with Crippen LogP contribution in [-0.4, -0.2) is 40.1 Å². The first-order chi connectivity index (χ1) is 15.6. The monoisotopic (exact) mass is 454 g/mol. The minimum Gasteiger partial charge on any atom is -0.480 e. The molecular weight excluding hydrogens is 425 g/mol. The number of hydrogen-bond donors (Lipinski definition) is 2. The van der Waals surface area contributed by atoms with Crippen molar-refractivity contribution in [1.82, 2.24) is 5.32 Å². The number of nitrogens with one attached hydrogen (secondary N) is 1. The molecule has 1 atom stereocenters. The van der Waals surface area contributed by atoms with Gasteiger partial charge in [0.2, 0.25) is 5.91 Å². The van der Waals surface area contributed by atoms with Crippen LogP contribution in [0.5, 0.6) is 0 Å². The second-order valence-corrected chi connectivity index (χ2v) is 8.74. The predicted octanol–water partition coefficient (Wildman–Crippen LogP) is 4.66. The minimum atomic E-state index is -3.91. The highest BCUT2D eigenvalue weighted by atomic mass is 19.2. The molecule has 0 aliphatic carbocycles. The molecule has 0 bridgehead atoms. The van der Waals surface area contributed by atoms with Crippen LogP contribution in [0.4, 0.5) is 8.63 Å². The van der Waals surface area contributed by atoms with Gasteiger partial charge >= 0.3 is 12.8 Å². The van der Waals surface area contributed by atoms with Gasteiger partial charge < -0.3 is 23.5 Å². The second-order valence-electron chi connectivity index (χ2n) is 8.74. The average molecular weight is 454 g/mol. The molecule has 2 aliphatic rings. The molecule has 0 unspecified atom stereocenters. The van der Waals surface area contributed by atoms with E-state index < -0.39 is 24.8 Å². The first-order valence-corrected chi connectivity index (χ1v) is 11.1. The van der Waals surface area contributed by atoms with Crippen molar-refractivity contribution in [2.75, 3.05) is 0 Å². The number of halogens is 2. The van der Waals surface area contributed by atoms with E-state index in [9.17, 15) is 14.7 Å². The van der Waals surface area contributed by atoms with Crippen LogP contribution in [0.25, 0.3) is 0 Å². The zero-order valence-corrected chi connectivity index (χ0v) is 19.1. The summed E-state index contributed by atoms with van der Waals surface area (Å²) in [5.74, 6) is -1.62. The highest BCUT2D eigenvalue weighted by Gasteiger charge is 2.45.